The number of nitrogens with one attached hydrogen (secondary N) is 2. The van der Waals surface area contributed by atoms with Crippen LogP contribution in [0.25, 0.3) is 0 Å². The molecule has 0 fully saturated rings. The van der Waals surface area contributed by atoms with Gasteiger partial charge in [0.2, 0.25) is 5.91 Å². The van der Waals surface area contributed by atoms with E-state index in [4.69, 9.17) is 11.6 Å². The van der Waals surface area contributed by atoms with E-state index in [9.17, 15) is 13.2 Å². The van der Waals surface area contributed by atoms with Crippen LogP contribution in [0.15, 0.2) is 82.8 Å². The van der Waals surface area contributed by atoms with E-state index in [0.717, 1.165) is 4.90 Å². The van der Waals surface area contributed by atoms with E-state index in [1.165, 1.54) is 30.1 Å². The summed E-state index contributed by atoms with van der Waals surface area (Å²) in [5.41, 5.74) is 0.898. The number of amides is 1. The molecule has 0 bridgehead atoms. The quantitative estimate of drug-likeness (QED) is 0.458. The van der Waals surface area contributed by atoms with Crippen molar-refractivity contribution in [2.75, 3.05) is 10.0 Å². The Balaban J connectivity index is 1.65. The monoisotopic (exact) mass is 461 g/mol. The smallest absolute Gasteiger partial charge is 0.261 e. The van der Waals surface area contributed by atoms with Gasteiger partial charge in [0.15, 0.2) is 0 Å². The summed E-state index contributed by atoms with van der Waals surface area (Å²) in [5.74, 6) is -0.151. The molecule has 0 saturated heterocycles. The third-order valence-electron chi connectivity index (χ3n) is 4.10. The number of carbonyl (C=O) groups excluding carboxylic acids is 1. The van der Waals surface area contributed by atoms with Crippen molar-refractivity contribution in [2.24, 2.45) is 0 Å². The molecule has 1 heterocycles. The minimum atomic E-state index is -3.74. The van der Waals surface area contributed by atoms with Crippen LogP contribution < -0.4 is 10.0 Å². The number of hydrogen-bond donors (Lipinski definition) is 2. The van der Waals surface area contributed by atoms with Gasteiger partial charge in [0.1, 0.15) is 0 Å². The fraction of sp³-hybridized carbons (Fsp3) is 0.143. The zero-order valence-corrected chi connectivity index (χ0v) is 18.5. The number of pyridine rings is 1. The van der Waals surface area contributed by atoms with Crippen molar-refractivity contribution in [3.63, 3.8) is 0 Å². The normalized spacial score (nSPS) is 12.2. The summed E-state index contributed by atoms with van der Waals surface area (Å²) in [5, 5.41) is 3.20. The van der Waals surface area contributed by atoms with Crippen LogP contribution in [0.5, 0.6) is 0 Å². The van der Waals surface area contributed by atoms with Gasteiger partial charge in [-0.25, -0.2) is 8.42 Å². The number of sulfonamides is 1. The van der Waals surface area contributed by atoms with E-state index < -0.39 is 10.0 Å². The van der Waals surface area contributed by atoms with Crippen molar-refractivity contribution < 1.29 is 13.2 Å². The molecule has 0 aliphatic carbocycles. The van der Waals surface area contributed by atoms with Crippen LogP contribution >= 0.6 is 23.4 Å². The maximum Gasteiger partial charge on any atom is 0.261 e. The van der Waals surface area contributed by atoms with Gasteiger partial charge >= 0.3 is 0 Å². The predicted octanol–water partition coefficient (Wildman–Crippen LogP) is 5.05. The topological polar surface area (TPSA) is 88.2 Å². The van der Waals surface area contributed by atoms with E-state index in [2.05, 4.69) is 15.0 Å². The maximum absolute atomic E-state index is 12.6. The fourth-order valence-electron chi connectivity index (χ4n) is 2.58. The molecular formula is C21H20ClN3O3S2. The van der Waals surface area contributed by atoms with Crippen LogP contribution in [-0.4, -0.2) is 24.6 Å². The second-order valence-corrected chi connectivity index (χ2v) is 9.72. The average Bonchev–Trinajstić information content (AvgIpc) is 2.74. The summed E-state index contributed by atoms with van der Waals surface area (Å²) in [4.78, 5) is 17.6. The van der Waals surface area contributed by atoms with E-state index in [-0.39, 0.29) is 16.1 Å². The third kappa shape index (κ3) is 5.98. The Kier molecular flexibility index (Phi) is 7.36. The van der Waals surface area contributed by atoms with E-state index >= 15 is 0 Å². The van der Waals surface area contributed by atoms with Gasteiger partial charge in [-0.05, 0) is 67.1 Å². The highest BCUT2D eigenvalue weighted by Gasteiger charge is 2.19. The third-order valence-corrected chi connectivity index (χ3v) is 7.13. The second-order valence-electron chi connectivity index (χ2n) is 6.33. The highest BCUT2D eigenvalue weighted by molar-refractivity contribution is 8.00. The molecule has 30 heavy (non-hydrogen) atoms. The number of rotatable bonds is 8. The van der Waals surface area contributed by atoms with Crippen molar-refractivity contribution >= 4 is 50.7 Å². The van der Waals surface area contributed by atoms with Gasteiger partial charge in [-0.15, -0.1) is 11.8 Å². The summed E-state index contributed by atoms with van der Waals surface area (Å²) in [6, 6.07) is 16.6. The lowest BCUT2D eigenvalue weighted by molar-refractivity contribution is -0.115. The number of hydrogen-bond acceptors (Lipinski definition) is 5. The Labute approximate surface area is 185 Å². The number of benzene rings is 2. The summed E-state index contributed by atoms with van der Waals surface area (Å²) in [6.45, 7) is 1.94. The van der Waals surface area contributed by atoms with Crippen LogP contribution in [0.3, 0.4) is 0 Å². The molecule has 0 radical (unpaired) electrons. The molecule has 1 atom stereocenters. The Morgan fingerprint density at radius 3 is 2.37 bits per heavy atom. The molecule has 2 N–H and O–H groups in total. The Bertz CT molecular complexity index is 1090. The van der Waals surface area contributed by atoms with Gasteiger partial charge < -0.3 is 5.32 Å². The average molecular weight is 462 g/mol. The summed E-state index contributed by atoms with van der Waals surface area (Å²) in [7, 11) is -3.74. The first kappa shape index (κ1) is 22.1. The first-order valence-electron chi connectivity index (χ1n) is 9.13. The minimum absolute atomic E-state index is 0.0898. The zero-order chi connectivity index (χ0) is 21.6. The molecule has 1 unspecified atom stereocenters. The number of nitrogens with zero attached hydrogens (tertiary/aromatic N) is 1. The molecule has 0 saturated carbocycles. The van der Waals surface area contributed by atoms with Crippen LogP contribution in [-0.2, 0) is 14.8 Å². The molecular weight excluding hydrogens is 442 g/mol. The van der Waals surface area contributed by atoms with E-state index in [1.54, 1.807) is 42.6 Å². The number of carbonyl (C=O) groups is 1. The molecule has 0 aliphatic rings. The number of thioether (sulfide) groups is 1. The van der Waals surface area contributed by atoms with E-state index in [0.29, 0.717) is 22.8 Å². The summed E-state index contributed by atoms with van der Waals surface area (Å²) >= 11 is 7.35. The Morgan fingerprint density at radius 2 is 1.77 bits per heavy atom. The van der Waals surface area contributed by atoms with Crippen molar-refractivity contribution in [3.05, 3.63) is 78.1 Å². The predicted molar refractivity (Wildman–Crippen MR) is 122 cm³/mol. The SMILES string of the molecule is CCC(Sc1ccc(Cl)cc1)C(=O)Nc1ccc(S(=O)(=O)Nc2cccnc2)cc1. The van der Waals surface area contributed by atoms with Gasteiger partial charge in [0, 0.05) is 21.8 Å². The van der Waals surface area contributed by atoms with Crippen molar-refractivity contribution in [2.45, 2.75) is 28.4 Å². The van der Waals surface area contributed by atoms with Gasteiger partial charge in [0.25, 0.3) is 10.0 Å². The van der Waals surface area contributed by atoms with Gasteiger partial charge in [-0.1, -0.05) is 18.5 Å². The zero-order valence-electron chi connectivity index (χ0n) is 16.1. The largest absolute Gasteiger partial charge is 0.325 e. The first-order chi connectivity index (χ1) is 14.4. The van der Waals surface area contributed by atoms with Gasteiger partial charge in [-0.2, -0.15) is 0 Å². The molecule has 0 spiro atoms. The Hall–Kier alpha value is -2.55. The first-order valence-corrected chi connectivity index (χ1v) is 11.9. The lowest BCUT2D eigenvalue weighted by Gasteiger charge is -2.15. The molecule has 1 amide bonds. The number of aromatic nitrogens is 1. The summed E-state index contributed by atoms with van der Waals surface area (Å²) in [6.07, 6.45) is 3.63. The molecule has 6 nitrogen and oxygen atoms in total. The lowest BCUT2D eigenvalue weighted by Crippen LogP contribution is -2.24. The van der Waals surface area contributed by atoms with Crippen LogP contribution in [0, 0.1) is 0 Å². The Morgan fingerprint density at radius 1 is 1.07 bits per heavy atom. The van der Waals surface area contributed by atoms with Gasteiger partial charge in [-0.3, -0.25) is 14.5 Å². The second kappa shape index (κ2) is 9.97. The molecule has 2 aromatic carbocycles. The molecule has 3 rings (SSSR count). The number of anilines is 2. The van der Waals surface area contributed by atoms with Crippen molar-refractivity contribution in [3.8, 4) is 0 Å². The lowest BCUT2D eigenvalue weighted by atomic mass is 10.3. The summed E-state index contributed by atoms with van der Waals surface area (Å²) < 4.78 is 27.4. The molecule has 9 heteroatoms. The van der Waals surface area contributed by atoms with Crippen LogP contribution in [0.2, 0.25) is 5.02 Å². The molecule has 3 aromatic rings. The highest BCUT2D eigenvalue weighted by atomic mass is 35.5. The van der Waals surface area contributed by atoms with Crippen LogP contribution in [0.4, 0.5) is 11.4 Å². The van der Waals surface area contributed by atoms with Gasteiger partial charge in [0.05, 0.1) is 22.0 Å². The molecule has 0 aliphatic heterocycles. The standard InChI is InChI=1S/C21H20ClN3O3S2/c1-2-20(29-18-9-5-15(22)6-10-18)21(26)24-16-7-11-19(12-8-16)30(27,28)25-17-4-3-13-23-14-17/h3-14,20,25H,2H2,1H3,(H,24,26). The number of halogens is 1. The molecule has 156 valence electrons. The van der Waals surface area contributed by atoms with E-state index in [1.807, 2.05) is 19.1 Å². The van der Waals surface area contributed by atoms with Crippen molar-refractivity contribution in [1.29, 1.82) is 0 Å². The highest BCUT2D eigenvalue weighted by Crippen LogP contribution is 2.28. The minimum Gasteiger partial charge on any atom is -0.325 e. The molecule has 1 aromatic heterocycles. The maximum atomic E-state index is 12.6. The van der Waals surface area contributed by atoms with Crippen molar-refractivity contribution in [1.82, 2.24) is 4.98 Å². The fourth-order valence-corrected chi connectivity index (χ4v) is 4.70. The van der Waals surface area contributed by atoms with Crippen LogP contribution in [0.1, 0.15) is 13.3 Å².